The number of amides is 1. The van der Waals surface area contributed by atoms with Crippen LogP contribution < -0.4 is 15.4 Å². The molecule has 0 fully saturated rings. The zero-order chi connectivity index (χ0) is 14.1. The Morgan fingerprint density at radius 2 is 1.95 bits per heavy atom. The van der Waals surface area contributed by atoms with Gasteiger partial charge in [0.2, 0.25) is 5.91 Å². The van der Waals surface area contributed by atoms with Gasteiger partial charge < -0.3 is 15.4 Å². The van der Waals surface area contributed by atoms with E-state index in [9.17, 15) is 4.79 Å². The number of hydrogen-bond acceptors (Lipinski definition) is 3. The molecule has 2 N–H and O–H groups in total. The number of benzene rings is 1. The highest BCUT2D eigenvalue weighted by atomic mass is 16.5. The minimum Gasteiger partial charge on any atom is -0.497 e. The van der Waals surface area contributed by atoms with Crippen molar-refractivity contribution >= 4 is 5.91 Å². The third kappa shape index (κ3) is 5.75. The third-order valence-electron chi connectivity index (χ3n) is 2.97. The zero-order valence-corrected chi connectivity index (χ0v) is 12.0. The monoisotopic (exact) mass is 264 g/mol. The molecule has 0 aliphatic carbocycles. The molecule has 0 saturated carbocycles. The molecule has 1 amide bonds. The number of methoxy groups -OCH3 is 1. The van der Waals surface area contributed by atoms with E-state index in [1.165, 1.54) is 5.56 Å². The molecule has 0 radical (unpaired) electrons. The van der Waals surface area contributed by atoms with Gasteiger partial charge in [0.15, 0.2) is 0 Å². The number of nitrogens with one attached hydrogen (secondary N) is 2. The van der Waals surface area contributed by atoms with Crippen LogP contribution in [0, 0.1) is 0 Å². The SMILES string of the molecule is CCCNC(=O)C(C)NCCc1ccc(OC)cc1. The van der Waals surface area contributed by atoms with E-state index in [2.05, 4.69) is 10.6 Å². The van der Waals surface area contributed by atoms with E-state index in [0.29, 0.717) is 0 Å². The van der Waals surface area contributed by atoms with Gasteiger partial charge in [0.25, 0.3) is 0 Å². The normalized spacial score (nSPS) is 11.9. The van der Waals surface area contributed by atoms with Gasteiger partial charge in [0.1, 0.15) is 5.75 Å². The topological polar surface area (TPSA) is 50.4 Å². The minimum atomic E-state index is -0.148. The maximum atomic E-state index is 11.6. The molecule has 106 valence electrons. The summed E-state index contributed by atoms with van der Waals surface area (Å²) in [5.41, 5.74) is 1.23. The molecule has 4 nitrogen and oxygen atoms in total. The lowest BCUT2D eigenvalue weighted by molar-refractivity contribution is -0.122. The predicted octanol–water partition coefficient (Wildman–Crippen LogP) is 1.74. The van der Waals surface area contributed by atoms with Crippen molar-refractivity contribution in [1.29, 1.82) is 0 Å². The van der Waals surface area contributed by atoms with Crippen molar-refractivity contribution in [2.45, 2.75) is 32.7 Å². The van der Waals surface area contributed by atoms with E-state index in [1.54, 1.807) is 7.11 Å². The Labute approximate surface area is 115 Å². The average molecular weight is 264 g/mol. The van der Waals surface area contributed by atoms with Crippen LogP contribution in [0.15, 0.2) is 24.3 Å². The van der Waals surface area contributed by atoms with E-state index in [-0.39, 0.29) is 11.9 Å². The van der Waals surface area contributed by atoms with Crippen molar-refractivity contribution in [2.75, 3.05) is 20.2 Å². The van der Waals surface area contributed by atoms with Crippen molar-refractivity contribution in [3.8, 4) is 5.75 Å². The smallest absolute Gasteiger partial charge is 0.236 e. The van der Waals surface area contributed by atoms with Crippen molar-refractivity contribution in [2.24, 2.45) is 0 Å². The second kappa shape index (κ2) is 8.53. The van der Waals surface area contributed by atoms with Crippen LogP contribution >= 0.6 is 0 Å². The van der Waals surface area contributed by atoms with Gasteiger partial charge in [0, 0.05) is 6.54 Å². The quantitative estimate of drug-likeness (QED) is 0.752. The van der Waals surface area contributed by atoms with Gasteiger partial charge in [0.05, 0.1) is 13.2 Å². The number of carbonyl (C=O) groups excluding carboxylic acids is 1. The molecule has 1 atom stereocenters. The highest BCUT2D eigenvalue weighted by Gasteiger charge is 2.10. The highest BCUT2D eigenvalue weighted by molar-refractivity contribution is 5.81. The summed E-state index contributed by atoms with van der Waals surface area (Å²) in [6.45, 7) is 5.46. The summed E-state index contributed by atoms with van der Waals surface area (Å²) in [4.78, 5) is 11.6. The summed E-state index contributed by atoms with van der Waals surface area (Å²) in [5.74, 6) is 0.931. The summed E-state index contributed by atoms with van der Waals surface area (Å²) in [6, 6.07) is 7.84. The molecule has 0 aromatic heterocycles. The molecule has 0 aliphatic heterocycles. The van der Waals surface area contributed by atoms with E-state index in [0.717, 1.165) is 31.7 Å². The summed E-state index contributed by atoms with van der Waals surface area (Å²) < 4.78 is 5.11. The van der Waals surface area contributed by atoms with Crippen LogP contribution in [0.2, 0.25) is 0 Å². The fourth-order valence-corrected chi connectivity index (χ4v) is 1.72. The van der Waals surface area contributed by atoms with Crippen LogP contribution in [0.1, 0.15) is 25.8 Å². The molecule has 1 rings (SSSR count). The second-order valence-electron chi connectivity index (χ2n) is 4.56. The number of hydrogen-bond donors (Lipinski definition) is 2. The Hall–Kier alpha value is -1.55. The van der Waals surface area contributed by atoms with Crippen molar-refractivity contribution < 1.29 is 9.53 Å². The maximum Gasteiger partial charge on any atom is 0.236 e. The van der Waals surface area contributed by atoms with E-state index >= 15 is 0 Å². The predicted molar refractivity (Wildman–Crippen MR) is 77.5 cm³/mol. The Balaban J connectivity index is 2.26. The van der Waals surface area contributed by atoms with Gasteiger partial charge in [-0.1, -0.05) is 19.1 Å². The molecule has 0 bridgehead atoms. The van der Waals surface area contributed by atoms with Crippen LogP contribution in [-0.4, -0.2) is 32.1 Å². The molecule has 0 saturated heterocycles. The second-order valence-corrected chi connectivity index (χ2v) is 4.56. The van der Waals surface area contributed by atoms with Crippen LogP contribution in [0.3, 0.4) is 0 Å². The molecule has 1 aromatic carbocycles. The summed E-state index contributed by atoms with van der Waals surface area (Å²) in [7, 11) is 1.66. The Bertz CT molecular complexity index is 376. The number of rotatable bonds is 8. The molecule has 0 heterocycles. The van der Waals surface area contributed by atoms with Crippen molar-refractivity contribution in [1.82, 2.24) is 10.6 Å². The molecular weight excluding hydrogens is 240 g/mol. The first-order chi connectivity index (χ1) is 9.17. The van der Waals surface area contributed by atoms with Gasteiger partial charge >= 0.3 is 0 Å². The lowest BCUT2D eigenvalue weighted by Crippen LogP contribution is -2.43. The summed E-state index contributed by atoms with van der Waals surface area (Å²) in [6.07, 6.45) is 1.86. The molecule has 1 aromatic rings. The van der Waals surface area contributed by atoms with E-state index < -0.39 is 0 Å². The van der Waals surface area contributed by atoms with Crippen LogP contribution in [0.4, 0.5) is 0 Å². The number of carbonyl (C=O) groups is 1. The summed E-state index contributed by atoms with van der Waals surface area (Å²) in [5, 5.41) is 6.10. The van der Waals surface area contributed by atoms with Crippen LogP contribution in [-0.2, 0) is 11.2 Å². The first-order valence-corrected chi connectivity index (χ1v) is 6.81. The van der Waals surface area contributed by atoms with Gasteiger partial charge in [-0.25, -0.2) is 0 Å². The molecule has 1 unspecified atom stereocenters. The fourth-order valence-electron chi connectivity index (χ4n) is 1.72. The minimum absolute atomic E-state index is 0.0663. The maximum absolute atomic E-state index is 11.6. The highest BCUT2D eigenvalue weighted by Crippen LogP contribution is 2.11. The first kappa shape index (κ1) is 15.5. The van der Waals surface area contributed by atoms with Gasteiger partial charge in [-0.05, 0) is 44.0 Å². The van der Waals surface area contributed by atoms with Crippen LogP contribution in [0.25, 0.3) is 0 Å². The molecule has 0 spiro atoms. The van der Waals surface area contributed by atoms with Gasteiger partial charge in [-0.3, -0.25) is 4.79 Å². The molecule has 19 heavy (non-hydrogen) atoms. The average Bonchev–Trinajstić information content (AvgIpc) is 2.45. The number of ether oxygens (including phenoxy) is 1. The summed E-state index contributed by atoms with van der Waals surface area (Å²) >= 11 is 0. The Morgan fingerprint density at radius 1 is 1.26 bits per heavy atom. The lowest BCUT2D eigenvalue weighted by Gasteiger charge is -2.13. The van der Waals surface area contributed by atoms with Crippen LogP contribution in [0.5, 0.6) is 5.75 Å². The largest absolute Gasteiger partial charge is 0.497 e. The Kier molecular flexibility index (Phi) is 6.97. The molecule has 4 heteroatoms. The van der Waals surface area contributed by atoms with Gasteiger partial charge in [-0.15, -0.1) is 0 Å². The standard InChI is InChI=1S/C15H24N2O2/c1-4-10-17-15(18)12(2)16-11-9-13-5-7-14(19-3)8-6-13/h5-8,12,16H,4,9-11H2,1-3H3,(H,17,18). The van der Waals surface area contributed by atoms with Gasteiger partial charge in [-0.2, -0.15) is 0 Å². The zero-order valence-electron chi connectivity index (χ0n) is 12.0. The van der Waals surface area contributed by atoms with E-state index in [1.807, 2.05) is 38.1 Å². The van der Waals surface area contributed by atoms with Crippen molar-refractivity contribution in [3.63, 3.8) is 0 Å². The fraction of sp³-hybridized carbons (Fsp3) is 0.533. The molecular formula is C15H24N2O2. The van der Waals surface area contributed by atoms with E-state index in [4.69, 9.17) is 4.74 Å². The first-order valence-electron chi connectivity index (χ1n) is 6.81. The molecule has 0 aliphatic rings. The lowest BCUT2D eigenvalue weighted by atomic mass is 10.1. The van der Waals surface area contributed by atoms with Crippen molar-refractivity contribution in [3.05, 3.63) is 29.8 Å². The Morgan fingerprint density at radius 3 is 2.53 bits per heavy atom. The third-order valence-corrected chi connectivity index (χ3v) is 2.97.